The maximum atomic E-state index is 12.3. The summed E-state index contributed by atoms with van der Waals surface area (Å²) in [5, 5.41) is 0. The molecule has 2 heterocycles. The predicted octanol–water partition coefficient (Wildman–Crippen LogP) is 0.495. The molecule has 1 aliphatic rings. The van der Waals surface area contributed by atoms with Crippen LogP contribution in [0.4, 0.5) is 0 Å². The second kappa shape index (κ2) is 6.12. The summed E-state index contributed by atoms with van der Waals surface area (Å²) in [5.74, 6) is 0.0799. The molecule has 1 aromatic heterocycles. The van der Waals surface area contributed by atoms with E-state index in [9.17, 15) is 4.79 Å². The molecule has 0 bridgehead atoms. The molecule has 1 unspecified atom stereocenters. The smallest absolute Gasteiger partial charge is 0.255 e. The van der Waals surface area contributed by atoms with Crippen molar-refractivity contribution in [3.8, 4) is 0 Å². The highest BCUT2D eigenvalue weighted by molar-refractivity contribution is 5.94. The molecule has 2 rings (SSSR count). The first-order valence-electron chi connectivity index (χ1n) is 6.77. The molecule has 2 N–H and O–H groups in total. The first-order chi connectivity index (χ1) is 9.11. The van der Waals surface area contributed by atoms with Gasteiger partial charge in [-0.25, -0.2) is 0 Å². The van der Waals surface area contributed by atoms with Gasteiger partial charge >= 0.3 is 0 Å². The molecule has 1 saturated heterocycles. The topological polar surface area (TPSA) is 62.5 Å². The lowest BCUT2D eigenvalue weighted by atomic mass is 10.1. The highest BCUT2D eigenvalue weighted by atomic mass is 16.2. The molecule has 1 atom stereocenters. The van der Waals surface area contributed by atoms with Crippen LogP contribution in [0.1, 0.15) is 22.8 Å². The van der Waals surface area contributed by atoms with Crippen LogP contribution in [-0.4, -0.2) is 59.5 Å². The molecule has 0 radical (unpaired) electrons. The van der Waals surface area contributed by atoms with E-state index in [-0.39, 0.29) is 5.91 Å². The van der Waals surface area contributed by atoms with Crippen molar-refractivity contribution >= 4 is 5.91 Å². The van der Waals surface area contributed by atoms with Gasteiger partial charge in [0.05, 0.1) is 5.56 Å². The molecule has 0 saturated carbocycles. The van der Waals surface area contributed by atoms with Crippen LogP contribution in [0, 0.1) is 6.92 Å². The standard InChI is InChI=1S/C14H22N4O/c1-11-7-13(10-16-9-11)14(19)18-5-3-17(4-6-18)12(2)8-15/h7,9-10,12H,3-6,8,15H2,1-2H3. The summed E-state index contributed by atoms with van der Waals surface area (Å²) >= 11 is 0. The normalized spacial score (nSPS) is 18.4. The fraction of sp³-hybridized carbons (Fsp3) is 0.571. The Bertz CT molecular complexity index is 441. The average molecular weight is 262 g/mol. The van der Waals surface area contributed by atoms with Gasteiger partial charge in [-0.1, -0.05) is 0 Å². The van der Waals surface area contributed by atoms with E-state index in [1.54, 1.807) is 12.4 Å². The number of hydrogen-bond donors (Lipinski definition) is 1. The molecular weight excluding hydrogens is 240 g/mol. The van der Waals surface area contributed by atoms with Gasteiger partial charge in [0.1, 0.15) is 0 Å². The number of amides is 1. The molecule has 1 amide bonds. The van der Waals surface area contributed by atoms with Crippen LogP contribution in [0.2, 0.25) is 0 Å². The van der Waals surface area contributed by atoms with E-state index < -0.39 is 0 Å². The Balaban J connectivity index is 1.96. The second-order valence-corrected chi connectivity index (χ2v) is 5.16. The maximum Gasteiger partial charge on any atom is 0.255 e. The van der Waals surface area contributed by atoms with E-state index in [4.69, 9.17) is 5.73 Å². The van der Waals surface area contributed by atoms with E-state index >= 15 is 0 Å². The fourth-order valence-corrected chi connectivity index (χ4v) is 2.37. The molecule has 0 spiro atoms. The summed E-state index contributed by atoms with van der Waals surface area (Å²) < 4.78 is 0. The summed E-state index contributed by atoms with van der Waals surface area (Å²) in [5.41, 5.74) is 7.37. The zero-order valence-electron chi connectivity index (χ0n) is 11.7. The lowest BCUT2D eigenvalue weighted by Crippen LogP contribution is -2.52. The van der Waals surface area contributed by atoms with Crippen LogP contribution >= 0.6 is 0 Å². The van der Waals surface area contributed by atoms with Gasteiger partial charge in [-0.2, -0.15) is 0 Å². The number of aromatic nitrogens is 1. The van der Waals surface area contributed by atoms with Crippen molar-refractivity contribution in [1.82, 2.24) is 14.8 Å². The number of hydrogen-bond acceptors (Lipinski definition) is 4. The van der Waals surface area contributed by atoms with Crippen molar-refractivity contribution in [2.75, 3.05) is 32.7 Å². The largest absolute Gasteiger partial charge is 0.336 e. The highest BCUT2D eigenvalue weighted by Crippen LogP contribution is 2.10. The van der Waals surface area contributed by atoms with Gasteiger partial charge in [0.2, 0.25) is 0 Å². The number of nitrogens with two attached hydrogens (primary N) is 1. The number of carbonyl (C=O) groups is 1. The molecule has 1 aromatic rings. The lowest BCUT2D eigenvalue weighted by Gasteiger charge is -2.37. The van der Waals surface area contributed by atoms with Gasteiger partial charge in [-0.3, -0.25) is 14.7 Å². The van der Waals surface area contributed by atoms with Crippen molar-refractivity contribution in [3.05, 3.63) is 29.6 Å². The molecule has 0 aliphatic carbocycles. The van der Waals surface area contributed by atoms with E-state index in [0.29, 0.717) is 18.2 Å². The van der Waals surface area contributed by atoms with Gasteiger partial charge in [0.25, 0.3) is 5.91 Å². The predicted molar refractivity (Wildman–Crippen MR) is 75.0 cm³/mol. The van der Waals surface area contributed by atoms with Gasteiger partial charge in [0.15, 0.2) is 0 Å². The van der Waals surface area contributed by atoms with Crippen LogP contribution in [0.15, 0.2) is 18.5 Å². The van der Waals surface area contributed by atoms with Crippen molar-refractivity contribution in [2.24, 2.45) is 5.73 Å². The third kappa shape index (κ3) is 3.30. The minimum atomic E-state index is 0.0799. The van der Waals surface area contributed by atoms with Crippen molar-refractivity contribution in [3.63, 3.8) is 0 Å². The summed E-state index contributed by atoms with van der Waals surface area (Å²) in [6, 6.07) is 2.28. The van der Waals surface area contributed by atoms with Crippen molar-refractivity contribution in [1.29, 1.82) is 0 Å². The Morgan fingerprint density at radius 2 is 2.05 bits per heavy atom. The zero-order chi connectivity index (χ0) is 13.8. The second-order valence-electron chi connectivity index (χ2n) is 5.16. The number of piperazine rings is 1. The number of nitrogens with zero attached hydrogens (tertiary/aromatic N) is 3. The summed E-state index contributed by atoms with van der Waals surface area (Å²) in [4.78, 5) is 20.7. The molecule has 1 aliphatic heterocycles. The van der Waals surface area contributed by atoms with Crippen molar-refractivity contribution < 1.29 is 4.79 Å². The third-order valence-electron chi connectivity index (χ3n) is 3.69. The fourth-order valence-electron chi connectivity index (χ4n) is 2.37. The molecule has 5 heteroatoms. The SMILES string of the molecule is Cc1cncc(C(=O)N2CCN(C(C)CN)CC2)c1. The summed E-state index contributed by atoms with van der Waals surface area (Å²) in [7, 11) is 0. The first kappa shape index (κ1) is 14.0. The molecule has 1 fully saturated rings. The number of pyridine rings is 1. The molecule has 5 nitrogen and oxygen atoms in total. The molecular formula is C14H22N4O. The molecule has 19 heavy (non-hydrogen) atoms. The van der Waals surface area contributed by atoms with Crippen LogP contribution in [0.3, 0.4) is 0 Å². The van der Waals surface area contributed by atoms with Crippen LogP contribution in [0.5, 0.6) is 0 Å². The quantitative estimate of drug-likeness (QED) is 0.861. The maximum absolute atomic E-state index is 12.3. The molecule has 104 valence electrons. The first-order valence-corrected chi connectivity index (χ1v) is 6.77. The third-order valence-corrected chi connectivity index (χ3v) is 3.69. The van der Waals surface area contributed by atoms with Crippen LogP contribution < -0.4 is 5.73 Å². The van der Waals surface area contributed by atoms with Gasteiger partial charge < -0.3 is 10.6 Å². The summed E-state index contributed by atoms with van der Waals surface area (Å²) in [6.45, 7) is 8.04. The van der Waals surface area contributed by atoms with Crippen LogP contribution in [-0.2, 0) is 0 Å². The van der Waals surface area contributed by atoms with Crippen LogP contribution in [0.25, 0.3) is 0 Å². The average Bonchev–Trinajstić information content (AvgIpc) is 2.46. The Labute approximate surface area is 114 Å². The van der Waals surface area contributed by atoms with E-state index in [0.717, 1.165) is 31.7 Å². The number of carbonyl (C=O) groups excluding carboxylic acids is 1. The van der Waals surface area contributed by atoms with E-state index in [1.165, 1.54) is 0 Å². The van der Waals surface area contributed by atoms with Gasteiger partial charge in [-0.15, -0.1) is 0 Å². The Morgan fingerprint density at radius 1 is 1.37 bits per heavy atom. The Hall–Kier alpha value is -1.46. The van der Waals surface area contributed by atoms with Gasteiger partial charge in [-0.05, 0) is 25.5 Å². The minimum absolute atomic E-state index is 0.0799. The Kier molecular flexibility index (Phi) is 4.50. The highest BCUT2D eigenvalue weighted by Gasteiger charge is 2.24. The monoisotopic (exact) mass is 262 g/mol. The number of rotatable bonds is 3. The Morgan fingerprint density at radius 3 is 2.63 bits per heavy atom. The minimum Gasteiger partial charge on any atom is -0.336 e. The van der Waals surface area contributed by atoms with E-state index in [1.807, 2.05) is 17.9 Å². The van der Waals surface area contributed by atoms with Gasteiger partial charge in [0, 0.05) is 51.2 Å². The summed E-state index contributed by atoms with van der Waals surface area (Å²) in [6.07, 6.45) is 3.40. The lowest BCUT2D eigenvalue weighted by molar-refractivity contribution is 0.0588. The number of aryl methyl sites for hydroxylation is 1. The van der Waals surface area contributed by atoms with E-state index in [2.05, 4.69) is 16.8 Å². The van der Waals surface area contributed by atoms with Crippen molar-refractivity contribution in [2.45, 2.75) is 19.9 Å². The zero-order valence-corrected chi connectivity index (χ0v) is 11.7. The molecule has 0 aromatic carbocycles.